The van der Waals surface area contributed by atoms with Crippen LogP contribution in [0.4, 0.5) is 23.8 Å². The molecule has 0 saturated carbocycles. The molecular weight excluding hydrogens is 699 g/mol. The minimum absolute atomic E-state index is 0.00200. The van der Waals surface area contributed by atoms with Gasteiger partial charge in [0.25, 0.3) is 0 Å². The molecule has 0 bridgehead atoms. The van der Waals surface area contributed by atoms with Gasteiger partial charge in [-0.15, -0.1) is 6.42 Å². The van der Waals surface area contributed by atoms with Crippen LogP contribution in [0.2, 0.25) is 0 Å². The van der Waals surface area contributed by atoms with Gasteiger partial charge in [0.2, 0.25) is 5.88 Å². The Morgan fingerprint density at radius 1 is 1.13 bits per heavy atom. The first-order valence-corrected chi connectivity index (χ1v) is 18.5. The zero-order valence-electron chi connectivity index (χ0n) is 29.8. The Hall–Kier alpha value is -5.13. The van der Waals surface area contributed by atoms with Crippen LogP contribution in [0, 0.1) is 24.0 Å². The van der Waals surface area contributed by atoms with Crippen LogP contribution >= 0.6 is 0 Å². The van der Waals surface area contributed by atoms with Crippen LogP contribution in [0.5, 0.6) is 11.9 Å². The fourth-order valence-electron chi connectivity index (χ4n) is 9.03. The van der Waals surface area contributed by atoms with Crippen molar-refractivity contribution in [2.75, 3.05) is 64.0 Å². The average Bonchev–Trinajstić information content (AvgIpc) is 3.85. The Kier molecular flexibility index (Phi) is 8.73. The Morgan fingerprint density at radius 3 is 2.85 bits per heavy atom. The summed E-state index contributed by atoms with van der Waals surface area (Å²) in [5, 5.41) is 4.78. The summed E-state index contributed by atoms with van der Waals surface area (Å²) >= 11 is 0. The maximum Gasteiger partial charge on any atom is 0.409 e. The van der Waals surface area contributed by atoms with Crippen LogP contribution in [-0.4, -0.2) is 114 Å². The Morgan fingerprint density at radius 2 is 2.02 bits per heavy atom. The molecule has 7 heterocycles. The maximum absolute atomic E-state index is 17.2. The van der Waals surface area contributed by atoms with Crippen molar-refractivity contribution >= 4 is 33.6 Å². The molecule has 4 saturated heterocycles. The number of likely N-dealkylation sites (tertiary alicyclic amines) is 1. The third-order valence-electron chi connectivity index (χ3n) is 11.6. The number of terminal acetylenes is 1. The molecule has 0 spiro atoms. The highest BCUT2D eigenvalue weighted by Gasteiger charge is 2.51. The topological polar surface area (TPSA) is 105 Å². The quantitative estimate of drug-likeness (QED) is 0.205. The fourth-order valence-corrected chi connectivity index (χ4v) is 9.03. The van der Waals surface area contributed by atoms with E-state index in [9.17, 15) is 9.18 Å². The van der Waals surface area contributed by atoms with E-state index in [1.807, 2.05) is 0 Å². The number of hydrogen-bond donors (Lipinski definition) is 1. The molecule has 2 aromatic heterocycles. The van der Waals surface area contributed by atoms with E-state index in [0.717, 1.165) is 18.4 Å². The van der Waals surface area contributed by atoms with Crippen molar-refractivity contribution in [1.29, 1.82) is 0 Å². The van der Waals surface area contributed by atoms with Crippen LogP contribution in [0.3, 0.4) is 0 Å². The second-order valence-electron chi connectivity index (χ2n) is 15.0. The second-order valence-corrected chi connectivity index (χ2v) is 15.0. The van der Waals surface area contributed by atoms with Crippen molar-refractivity contribution < 1.29 is 32.2 Å². The number of nitrogens with one attached hydrogen (secondary N) is 1. The Bertz CT molecular complexity index is 2230. The van der Waals surface area contributed by atoms with Crippen molar-refractivity contribution in [3.8, 4) is 35.5 Å². The molecule has 280 valence electrons. The highest BCUT2D eigenvalue weighted by atomic mass is 19.1. The van der Waals surface area contributed by atoms with E-state index in [-0.39, 0.29) is 60.5 Å². The number of aromatic nitrogens is 3. The van der Waals surface area contributed by atoms with Gasteiger partial charge in [0.1, 0.15) is 47.6 Å². The number of alkyl halides is 1. The zero-order valence-corrected chi connectivity index (χ0v) is 29.8. The van der Waals surface area contributed by atoms with Crippen molar-refractivity contribution in [1.82, 2.24) is 30.1 Å². The number of rotatable bonds is 6. The number of ether oxygens (including phenoxy) is 3. The summed E-state index contributed by atoms with van der Waals surface area (Å²) in [6.07, 6.45) is 7.43. The van der Waals surface area contributed by atoms with Gasteiger partial charge in [-0.1, -0.05) is 42.3 Å². The van der Waals surface area contributed by atoms with Crippen molar-refractivity contribution in [3.63, 3.8) is 0 Å². The highest BCUT2D eigenvalue weighted by Crippen LogP contribution is 2.46. The number of carbonyl (C=O) groups is 1. The maximum atomic E-state index is 17.2. The van der Waals surface area contributed by atoms with Crippen LogP contribution in [0.1, 0.15) is 37.7 Å². The average molecular weight is 740 g/mol. The summed E-state index contributed by atoms with van der Waals surface area (Å²) < 4.78 is 64.3. The van der Waals surface area contributed by atoms with E-state index in [1.54, 1.807) is 24.3 Å². The van der Waals surface area contributed by atoms with Gasteiger partial charge >= 0.3 is 12.1 Å². The summed E-state index contributed by atoms with van der Waals surface area (Å²) in [6, 6.07) is 8.07. The molecule has 0 aliphatic carbocycles. The van der Waals surface area contributed by atoms with E-state index in [4.69, 9.17) is 35.6 Å². The van der Waals surface area contributed by atoms with Crippen molar-refractivity contribution in [3.05, 3.63) is 59.7 Å². The van der Waals surface area contributed by atoms with Gasteiger partial charge in [-0.3, -0.25) is 4.90 Å². The lowest BCUT2D eigenvalue weighted by Gasteiger charge is -2.39. The SMILES string of the molecule is C#Cc1c(F)ccc2cccc(-c3nc4c5c(nc(OC[C@@]67CC[C@@H](COC(=O)N8CCC(F)C8)N6CC(=C)C7)nc5c3F)N3CCNC[C@H]3CCO4)c12. The second kappa shape index (κ2) is 13.6. The molecule has 14 heteroatoms. The van der Waals surface area contributed by atoms with Gasteiger partial charge in [0, 0.05) is 62.2 Å². The molecule has 1 unspecified atom stereocenters. The fraction of sp³-hybridized carbons (Fsp3) is 0.450. The predicted molar refractivity (Wildman–Crippen MR) is 196 cm³/mol. The molecule has 11 nitrogen and oxygen atoms in total. The largest absolute Gasteiger partial charge is 0.477 e. The molecule has 9 rings (SSSR count). The number of carbonyl (C=O) groups excluding carboxylic acids is 1. The van der Waals surface area contributed by atoms with Gasteiger partial charge in [-0.05, 0) is 37.1 Å². The predicted octanol–water partition coefficient (Wildman–Crippen LogP) is 5.39. The molecule has 4 fully saturated rings. The van der Waals surface area contributed by atoms with Gasteiger partial charge in [-0.25, -0.2) is 22.9 Å². The van der Waals surface area contributed by atoms with Crippen LogP contribution in [0.25, 0.3) is 32.9 Å². The van der Waals surface area contributed by atoms with Crippen LogP contribution < -0.4 is 19.7 Å². The number of hydrogen-bond acceptors (Lipinski definition) is 10. The van der Waals surface area contributed by atoms with E-state index in [2.05, 4.69) is 27.6 Å². The number of amides is 1. The summed E-state index contributed by atoms with van der Waals surface area (Å²) in [6.45, 7) is 8.02. The van der Waals surface area contributed by atoms with Crippen LogP contribution in [0.15, 0.2) is 42.5 Å². The smallest absolute Gasteiger partial charge is 0.409 e. The number of pyridine rings is 1. The Balaban J connectivity index is 1.09. The lowest BCUT2D eigenvalue weighted by molar-refractivity contribution is 0.0459. The number of fused-ring (bicyclic) bond motifs is 4. The number of piperazine rings is 1. The first kappa shape index (κ1) is 34.6. The molecule has 54 heavy (non-hydrogen) atoms. The summed E-state index contributed by atoms with van der Waals surface area (Å²) in [5.74, 6) is 1.77. The summed E-state index contributed by atoms with van der Waals surface area (Å²) in [5.41, 5.74) is 0.807. The van der Waals surface area contributed by atoms with E-state index < -0.39 is 29.4 Å². The van der Waals surface area contributed by atoms with Gasteiger partial charge in [-0.2, -0.15) is 9.97 Å². The third-order valence-corrected chi connectivity index (χ3v) is 11.6. The molecule has 4 aromatic rings. The highest BCUT2D eigenvalue weighted by molar-refractivity contribution is 6.03. The molecule has 1 N–H and O–H groups in total. The molecule has 1 amide bonds. The summed E-state index contributed by atoms with van der Waals surface area (Å²) in [7, 11) is 0. The molecule has 0 radical (unpaired) electrons. The molecule has 2 aromatic carbocycles. The molecular formula is C40H40F3N7O4. The number of nitrogens with zero attached hydrogens (tertiary/aromatic N) is 6. The number of halogens is 3. The number of anilines is 1. The number of benzene rings is 2. The molecule has 5 aliphatic heterocycles. The molecule has 4 atom stereocenters. The van der Waals surface area contributed by atoms with E-state index in [0.29, 0.717) is 86.1 Å². The van der Waals surface area contributed by atoms with Crippen LogP contribution in [-0.2, 0) is 4.74 Å². The standard InChI is InChI=1S/C40H40F3N7O4/c1-3-28-30(42)8-7-24-5-4-6-29(31(24)28)34-33(43)35-32-36(49-15-13-44-18-26(49)11-16-52-37(32)45-34)47-38(46-35)54-22-40-12-9-27(50(40)19-23(2)17-40)21-53-39(51)48-14-10-25(41)20-48/h1,4-8,25-27,44H,2,9-22H2/t25?,26-,27+,40+/m1/s1. The minimum Gasteiger partial charge on any atom is -0.477 e. The van der Waals surface area contributed by atoms with Crippen molar-refractivity contribution in [2.45, 2.75) is 55.9 Å². The third kappa shape index (κ3) is 5.85. The normalized spacial score (nSPS) is 25.2. The van der Waals surface area contributed by atoms with E-state index in [1.165, 1.54) is 11.0 Å². The molecule has 5 aliphatic rings. The van der Waals surface area contributed by atoms with Gasteiger partial charge < -0.3 is 29.3 Å². The minimum atomic E-state index is -1.02. The van der Waals surface area contributed by atoms with Gasteiger partial charge in [0.15, 0.2) is 5.82 Å². The first-order chi connectivity index (χ1) is 26.2. The monoisotopic (exact) mass is 739 g/mol. The van der Waals surface area contributed by atoms with E-state index >= 15 is 8.78 Å². The summed E-state index contributed by atoms with van der Waals surface area (Å²) in [4.78, 5) is 32.9. The van der Waals surface area contributed by atoms with Crippen molar-refractivity contribution in [2.24, 2.45) is 0 Å². The zero-order chi connectivity index (χ0) is 37.1. The first-order valence-electron chi connectivity index (χ1n) is 18.5. The lowest BCUT2D eigenvalue weighted by atomic mass is 9.94. The van der Waals surface area contributed by atoms with Gasteiger partial charge in [0.05, 0.1) is 24.3 Å². The lowest BCUT2D eigenvalue weighted by Crippen LogP contribution is -2.52. The Labute approximate surface area is 310 Å².